The molecule has 0 saturated heterocycles. The first-order chi connectivity index (χ1) is 9.81. The van der Waals surface area contributed by atoms with Gasteiger partial charge in [-0.25, -0.2) is 13.4 Å². The molecule has 1 N–H and O–H groups in total. The molecule has 0 radical (unpaired) electrons. The van der Waals surface area contributed by atoms with E-state index in [4.69, 9.17) is 0 Å². The second kappa shape index (κ2) is 5.73. The lowest BCUT2D eigenvalue weighted by molar-refractivity contribution is 0.600. The summed E-state index contributed by atoms with van der Waals surface area (Å²) in [4.78, 5) is 6.23. The molecule has 0 aliphatic rings. The molecule has 1 aromatic carbocycles. The third-order valence-electron chi connectivity index (χ3n) is 3.07. The number of hydrogen-bond acceptors (Lipinski definition) is 4. The standard InChI is InChI=1S/C15H19N3O2S/c1-11-7-8-14(12(2)10-11)21(19,20)17-13-6-5-9-16-15(13)18(3)4/h5-10,17H,1-4H3. The molecule has 2 aromatic rings. The van der Waals surface area contributed by atoms with Crippen molar-refractivity contribution < 1.29 is 8.42 Å². The molecule has 0 fully saturated rings. The largest absolute Gasteiger partial charge is 0.361 e. The summed E-state index contributed by atoms with van der Waals surface area (Å²) in [5.41, 5.74) is 2.21. The summed E-state index contributed by atoms with van der Waals surface area (Å²) in [6, 6.07) is 8.66. The van der Waals surface area contributed by atoms with Crippen molar-refractivity contribution in [2.45, 2.75) is 18.7 Å². The number of hydrogen-bond donors (Lipinski definition) is 1. The quantitative estimate of drug-likeness (QED) is 0.943. The lowest BCUT2D eigenvalue weighted by atomic mass is 10.2. The molecule has 6 heteroatoms. The Labute approximate surface area is 125 Å². The zero-order valence-corrected chi connectivity index (χ0v) is 13.4. The molecule has 2 rings (SSSR count). The number of anilines is 2. The highest BCUT2D eigenvalue weighted by molar-refractivity contribution is 7.92. The number of sulfonamides is 1. The molecule has 0 atom stereocenters. The number of aryl methyl sites for hydroxylation is 2. The van der Waals surface area contributed by atoms with Gasteiger partial charge in [0.05, 0.1) is 10.6 Å². The van der Waals surface area contributed by atoms with E-state index in [1.807, 2.05) is 27.1 Å². The van der Waals surface area contributed by atoms with Gasteiger partial charge in [-0.3, -0.25) is 4.72 Å². The van der Waals surface area contributed by atoms with Crippen LogP contribution in [0.3, 0.4) is 0 Å². The third-order valence-corrected chi connectivity index (χ3v) is 4.60. The minimum absolute atomic E-state index is 0.279. The van der Waals surface area contributed by atoms with Crippen molar-refractivity contribution in [3.63, 3.8) is 0 Å². The lowest BCUT2D eigenvalue weighted by Gasteiger charge is -2.17. The Balaban J connectivity index is 2.43. The van der Waals surface area contributed by atoms with E-state index in [2.05, 4.69) is 9.71 Å². The van der Waals surface area contributed by atoms with Crippen molar-refractivity contribution in [1.29, 1.82) is 0 Å². The maximum atomic E-state index is 12.6. The number of aromatic nitrogens is 1. The van der Waals surface area contributed by atoms with Crippen molar-refractivity contribution in [3.05, 3.63) is 47.7 Å². The topological polar surface area (TPSA) is 62.3 Å². The van der Waals surface area contributed by atoms with Gasteiger partial charge in [0.15, 0.2) is 5.82 Å². The second-order valence-corrected chi connectivity index (χ2v) is 6.79. The zero-order valence-electron chi connectivity index (χ0n) is 12.6. The van der Waals surface area contributed by atoms with Crippen LogP contribution >= 0.6 is 0 Å². The smallest absolute Gasteiger partial charge is 0.262 e. The Morgan fingerprint density at radius 1 is 1.14 bits per heavy atom. The molecule has 0 unspecified atom stereocenters. The van der Waals surface area contributed by atoms with Crippen molar-refractivity contribution in [2.24, 2.45) is 0 Å². The van der Waals surface area contributed by atoms with E-state index in [1.54, 1.807) is 42.3 Å². The van der Waals surface area contributed by atoms with Gasteiger partial charge in [-0.1, -0.05) is 17.7 Å². The predicted octanol–water partition coefficient (Wildman–Crippen LogP) is 2.57. The predicted molar refractivity (Wildman–Crippen MR) is 85.3 cm³/mol. The van der Waals surface area contributed by atoms with Crippen LogP contribution in [0.5, 0.6) is 0 Å². The van der Waals surface area contributed by atoms with Crippen LogP contribution in [-0.4, -0.2) is 27.5 Å². The number of pyridine rings is 1. The minimum Gasteiger partial charge on any atom is -0.361 e. The van der Waals surface area contributed by atoms with Crippen LogP contribution < -0.4 is 9.62 Å². The first-order valence-electron chi connectivity index (χ1n) is 6.53. The molecular weight excluding hydrogens is 286 g/mol. The summed E-state index contributed by atoms with van der Waals surface area (Å²) in [5, 5.41) is 0. The van der Waals surface area contributed by atoms with Crippen molar-refractivity contribution in [2.75, 3.05) is 23.7 Å². The SMILES string of the molecule is Cc1ccc(S(=O)(=O)Nc2cccnc2N(C)C)c(C)c1. The molecule has 0 spiro atoms. The first kappa shape index (κ1) is 15.3. The molecule has 5 nitrogen and oxygen atoms in total. The summed E-state index contributed by atoms with van der Waals surface area (Å²) >= 11 is 0. The van der Waals surface area contributed by atoms with E-state index >= 15 is 0 Å². The maximum Gasteiger partial charge on any atom is 0.262 e. The van der Waals surface area contributed by atoms with Crippen molar-refractivity contribution in [1.82, 2.24) is 4.98 Å². The van der Waals surface area contributed by atoms with Crippen LogP contribution in [0.1, 0.15) is 11.1 Å². The van der Waals surface area contributed by atoms with Gasteiger partial charge < -0.3 is 4.90 Å². The van der Waals surface area contributed by atoms with Crippen LogP contribution in [0, 0.1) is 13.8 Å². The molecule has 112 valence electrons. The number of benzene rings is 1. The maximum absolute atomic E-state index is 12.6. The van der Waals surface area contributed by atoms with Gasteiger partial charge in [-0.15, -0.1) is 0 Å². The summed E-state index contributed by atoms with van der Waals surface area (Å²) < 4.78 is 27.7. The third kappa shape index (κ3) is 3.33. The summed E-state index contributed by atoms with van der Waals surface area (Å²) in [6.45, 7) is 3.72. The average Bonchev–Trinajstić information content (AvgIpc) is 2.37. The summed E-state index contributed by atoms with van der Waals surface area (Å²) in [7, 11) is 0.00000236. The van der Waals surface area contributed by atoms with Crippen molar-refractivity contribution >= 4 is 21.5 Å². The van der Waals surface area contributed by atoms with Gasteiger partial charge in [0, 0.05) is 20.3 Å². The van der Waals surface area contributed by atoms with Crippen LogP contribution in [0.15, 0.2) is 41.4 Å². The van der Waals surface area contributed by atoms with E-state index in [0.717, 1.165) is 11.1 Å². The highest BCUT2D eigenvalue weighted by Crippen LogP contribution is 2.25. The van der Waals surface area contributed by atoms with Crippen LogP contribution in [0.4, 0.5) is 11.5 Å². The van der Waals surface area contributed by atoms with Gasteiger partial charge >= 0.3 is 0 Å². The van der Waals surface area contributed by atoms with Crippen molar-refractivity contribution in [3.8, 4) is 0 Å². The van der Waals surface area contributed by atoms with Gasteiger partial charge in [0.1, 0.15) is 0 Å². The van der Waals surface area contributed by atoms with Gasteiger partial charge in [0.25, 0.3) is 10.0 Å². The number of nitrogens with zero attached hydrogens (tertiary/aromatic N) is 2. The first-order valence-corrected chi connectivity index (χ1v) is 8.02. The molecule has 0 aliphatic carbocycles. The molecule has 1 heterocycles. The Bertz CT molecular complexity index is 755. The van der Waals surface area contributed by atoms with E-state index in [1.165, 1.54) is 0 Å². The van der Waals surface area contributed by atoms with Crippen LogP contribution in [0.2, 0.25) is 0 Å². The molecular formula is C15H19N3O2S. The zero-order chi connectivity index (χ0) is 15.6. The fourth-order valence-electron chi connectivity index (χ4n) is 2.13. The summed E-state index contributed by atoms with van der Waals surface area (Å²) in [6.07, 6.45) is 1.63. The monoisotopic (exact) mass is 305 g/mol. The Morgan fingerprint density at radius 2 is 1.86 bits per heavy atom. The van der Waals surface area contributed by atoms with E-state index in [0.29, 0.717) is 11.5 Å². The number of rotatable bonds is 4. The van der Waals surface area contributed by atoms with E-state index < -0.39 is 10.0 Å². The summed E-state index contributed by atoms with van der Waals surface area (Å²) in [5.74, 6) is 0.575. The highest BCUT2D eigenvalue weighted by atomic mass is 32.2. The van der Waals surface area contributed by atoms with Crippen LogP contribution in [-0.2, 0) is 10.0 Å². The fraction of sp³-hybridized carbons (Fsp3) is 0.267. The van der Waals surface area contributed by atoms with Crippen LogP contribution in [0.25, 0.3) is 0 Å². The normalized spacial score (nSPS) is 11.2. The Hall–Kier alpha value is -2.08. The molecule has 0 saturated carbocycles. The molecule has 0 bridgehead atoms. The fourth-order valence-corrected chi connectivity index (χ4v) is 3.42. The highest BCUT2D eigenvalue weighted by Gasteiger charge is 2.19. The Morgan fingerprint density at radius 3 is 2.48 bits per heavy atom. The van der Waals surface area contributed by atoms with Gasteiger partial charge in [0.2, 0.25) is 0 Å². The van der Waals surface area contributed by atoms with Gasteiger partial charge in [-0.05, 0) is 37.6 Å². The number of nitrogens with one attached hydrogen (secondary N) is 1. The molecule has 1 aromatic heterocycles. The molecule has 0 amide bonds. The average molecular weight is 305 g/mol. The Kier molecular flexibility index (Phi) is 4.18. The second-order valence-electron chi connectivity index (χ2n) is 5.14. The van der Waals surface area contributed by atoms with E-state index in [-0.39, 0.29) is 4.90 Å². The molecule has 0 aliphatic heterocycles. The van der Waals surface area contributed by atoms with E-state index in [9.17, 15) is 8.42 Å². The molecule has 21 heavy (non-hydrogen) atoms. The minimum atomic E-state index is -3.63. The van der Waals surface area contributed by atoms with Gasteiger partial charge in [-0.2, -0.15) is 0 Å². The lowest BCUT2D eigenvalue weighted by Crippen LogP contribution is -2.18.